The molecule has 2 aliphatic heterocycles. The largest absolute Gasteiger partial charge is 0.370 e. The number of nitrogens with two attached hydrogens (primary N) is 1. The van der Waals surface area contributed by atoms with Gasteiger partial charge < -0.3 is 16.0 Å². The molecule has 0 spiro atoms. The van der Waals surface area contributed by atoms with Crippen molar-refractivity contribution in [2.45, 2.75) is 76.5 Å². The van der Waals surface area contributed by atoms with Gasteiger partial charge in [-0.3, -0.25) is 4.99 Å². The summed E-state index contributed by atoms with van der Waals surface area (Å²) in [6, 6.07) is 1.84. The van der Waals surface area contributed by atoms with E-state index in [4.69, 9.17) is 10.7 Å². The van der Waals surface area contributed by atoms with Crippen LogP contribution in [0.15, 0.2) is 4.99 Å². The van der Waals surface area contributed by atoms with Gasteiger partial charge in [0.1, 0.15) is 0 Å². The molecule has 2 bridgehead atoms. The van der Waals surface area contributed by atoms with Gasteiger partial charge in [0, 0.05) is 17.6 Å². The Kier molecular flexibility index (Phi) is 3.85. The average Bonchev–Trinajstić information content (AvgIpc) is 2.16. The van der Waals surface area contributed by atoms with Crippen molar-refractivity contribution in [3.05, 3.63) is 0 Å². The third-order valence-corrected chi connectivity index (χ3v) is 4.14. The van der Waals surface area contributed by atoms with E-state index in [1.54, 1.807) is 0 Å². The Morgan fingerprint density at radius 1 is 1.22 bits per heavy atom. The highest BCUT2D eigenvalue weighted by Crippen LogP contribution is 2.33. The van der Waals surface area contributed by atoms with E-state index >= 15 is 0 Å². The fraction of sp³-hybridized carbons (Fsp3) is 0.929. The molecule has 3 N–H and O–H groups in total. The van der Waals surface area contributed by atoms with Gasteiger partial charge in [0.15, 0.2) is 5.96 Å². The van der Waals surface area contributed by atoms with Crippen molar-refractivity contribution >= 4 is 5.96 Å². The lowest BCUT2D eigenvalue weighted by atomic mass is 9.82. The molecule has 0 aromatic rings. The molecular weight excluding hydrogens is 224 g/mol. The third kappa shape index (κ3) is 3.37. The Morgan fingerprint density at radius 2 is 1.78 bits per heavy atom. The summed E-state index contributed by atoms with van der Waals surface area (Å²) in [4.78, 5) is 7.25. The molecular formula is C14H28N4. The van der Waals surface area contributed by atoms with E-state index in [1.807, 2.05) is 0 Å². The van der Waals surface area contributed by atoms with Crippen LogP contribution in [-0.2, 0) is 0 Å². The second kappa shape index (κ2) is 5.08. The SMILES string of the molecule is CN1C2CCCC1CC(N=C(N)NC(C)(C)C)C2. The summed E-state index contributed by atoms with van der Waals surface area (Å²) in [5.74, 6) is 0.607. The van der Waals surface area contributed by atoms with Crippen molar-refractivity contribution in [3.63, 3.8) is 0 Å². The van der Waals surface area contributed by atoms with E-state index in [-0.39, 0.29) is 5.54 Å². The Labute approximate surface area is 111 Å². The van der Waals surface area contributed by atoms with Gasteiger partial charge in [-0.15, -0.1) is 0 Å². The Hall–Kier alpha value is -0.770. The first kappa shape index (κ1) is 13.7. The number of piperidine rings is 2. The van der Waals surface area contributed by atoms with Gasteiger partial charge in [0.25, 0.3) is 0 Å². The quantitative estimate of drug-likeness (QED) is 0.552. The molecule has 0 amide bonds. The van der Waals surface area contributed by atoms with Crippen molar-refractivity contribution in [2.75, 3.05) is 7.05 Å². The Balaban J connectivity index is 1.97. The molecule has 2 heterocycles. The summed E-state index contributed by atoms with van der Waals surface area (Å²) in [5.41, 5.74) is 6.00. The zero-order valence-corrected chi connectivity index (χ0v) is 12.2. The molecule has 0 aromatic carbocycles. The van der Waals surface area contributed by atoms with E-state index in [1.165, 1.54) is 32.1 Å². The van der Waals surface area contributed by atoms with Crippen molar-refractivity contribution in [1.29, 1.82) is 0 Å². The Bertz CT molecular complexity index is 304. The third-order valence-electron chi connectivity index (χ3n) is 4.14. The molecule has 0 aliphatic carbocycles. The van der Waals surface area contributed by atoms with Gasteiger partial charge in [-0.2, -0.15) is 0 Å². The summed E-state index contributed by atoms with van der Waals surface area (Å²) in [7, 11) is 2.27. The maximum atomic E-state index is 6.00. The molecule has 2 rings (SSSR count). The monoisotopic (exact) mass is 252 g/mol. The van der Waals surface area contributed by atoms with E-state index in [0.29, 0.717) is 24.1 Å². The zero-order chi connectivity index (χ0) is 13.3. The molecule has 2 atom stereocenters. The minimum atomic E-state index is -0.00505. The van der Waals surface area contributed by atoms with Crippen LogP contribution in [0, 0.1) is 0 Å². The van der Waals surface area contributed by atoms with Crippen molar-refractivity contribution in [2.24, 2.45) is 10.7 Å². The number of nitrogens with zero attached hydrogens (tertiary/aromatic N) is 2. The van der Waals surface area contributed by atoms with Gasteiger partial charge in [0.2, 0.25) is 0 Å². The van der Waals surface area contributed by atoms with Crippen molar-refractivity contribution in [1.82, 2.24) is 10.2 Å². The number of fused-ring (bicyclic) bond motifs is 2. The van der Waals surface area contributed by atoms with Gasteiger partial charge in [-0.25, -0.2) is 0 Å². The first-order chi connectivity index (χ1) is 8.35. The van der Waals surface area contributed by atoms with E-state index in [2.05, 4.69) is 38.0 Å². The topological polar surface area (TPSA) is 53.6 Å². The van der Waals surface area contributed by atoms with Gasteiger partial charge >= 0.3 is 0 Å². The summed E-state index contributed by atoms with van der Waals surface area (Å²) >= 11 is 0. The normalized spacial score (nSPS) is 34.4. The van der Waals surface area contributed by atoms with Crippen LogP contribution in [0.25, 0.3) is 0 Å². The van der Waals surface area contributed by atoms with Crippen molar-refractivity contribution < 1.29 is 0 Å². The number of nitrogens with one attached hydrogen (secondary N) is 1. The van der Waals surface area contributed by atoms with Crippen LogP contribution in [0.5, 0.6) is 0 Å². The van der Waals surface area contributed by atoms with Crippen molar-refractivity contribution in [3.8, 4) is 0 Å². The Morgan fingerprint density at radius 3 is 2.28 bits per heavy atom. The van der Waals surface area contributed by atoms with Gasteiger partial charge in [-0.1, -0.05) is 6.42 Å². The summed E-state index contributed by atoms with van der Waals surface area (Å²) in [6.07, 6.45) is 6.36. The van der Waals surface area contributed by atoms with Crippen LogP contribution >= 0.6 is 0 Å². The average molecular weight is 252 g/mol. The molecule has 4 heteroatoms. The highest BCUT2D eigenvalue weighted by molar-refractivity contribution is 5.78. The zero-order valence-electron chi connectivity index (χ0n) is 12.2. The number of rotatable bonds is 1. The van der Waals surface area contributed by atoms with Crippen LogP contribution in [-0.4, -0.2) is 41.6 Å². The lowest BCUT2D eigenvalue weighted by Crippen LogP contribution is -2.52. The van der Waals surface area contributed by atoms with E-state index in [0.717, 1.165) is 0 Å². The first-order valence-corrected chi connectivity index (χ1v) is 7.18. The lowest BCUT2D eigenvalue weighted by Gasteiger charge is -2.46. The van der Waals surface area contributed by atoms with Crippen LogP contribution in [0.4, 0.5) is 0 Å². The van der Waals surface area contributed by atoms with E-state index < -0.39 is 0 Å². The standard InChI is InChI=1S/C14H28N4/c1-14(2,3)17-13(15)16-10-8-11-6-5-7-12(9-10)18(11)4/h10-12H,5-9H2,1-4H3,(H3,15,16,17). The summed E-state index contributed by atoms with van der Waals surface area (Å²) in [6.45, 7) is 6.33. The van der Waals surface area contributed by atoms with Crippen LogP contribution < -0.4 is 11.1 Å². The summed E-state index contributed by atoms with van der Waals surface area (Å²) in [5, 5.41) is 3.26. The molecule has 4 nitrogen and oxygen atoms in total. The second-order valence-corrected chi connectivity index (χ2v) is 6.92. The number of guanidine groups is 1. The molecule has 18 heavy (non-hydrogen) atoms. The van der Waals surface area contributed by atoms with Crippen LogP contribution in [0.1, 0.15) is 52.9 Å². The molecule has 2 unspecified atom stereocenters. The van der Waals surface area contributed by atoms with E-state index in [9.17, 15) is 0 Å². The molecule has 2 saturated heterocycles. The minimum absolute atomic E-state index is 0.00505. The predicted octanol–water partition coefficient (Wildman–Crippen LogP) is 1.70. The fourth-order valence-corrected chi connectivity index (χ4v) is 3.31. The molecule has 0 radical (unpaired) electrons. The lowest BCUT2D eigenvalue weighted by molar-refractivity contribution is 0.0573. The molecule has 2 fully saturated rings. The highest BCUT2D eigenvalue weighted by atomic mass is 15.2. The fourth-order valence-electron chi connectivity index (χ4n) is 3.31. The maximum Gasteiger partial charge on any atom is 0.189 e. The maximum absolute atomic E-state index is 6.00. The number of hydrogen-bond donors (Lipinski definition) is 2. The van der Waals surface area contributed by atoms with Gasteiger partial charge in [-0.05, 0) is 53.5 Å². The predicted molar refractivity (Wildman–Crippen MR) is 76.7 cm³/mol. The second-order valence-electron chi connectivity index (χ2n) is 6.92. The van der Waals surface area contributed by atoms with Gasteiger partial charge in [0.05, 0.1) is 6.04 Å². The number of aliphatic imine (C=N–C) groups is 1. The summed E-state index contributed by atoms with van der Waals surface area (Å²) < 4.78 is 0. The molecule has 104 valence electrons. The molecule has 0 saturated carbocycles. The smallest absolute Gasteiger partial charge is 0.189 e. The molecule has 2 aliphatic rings. The van der Waals surface area contributed by atoms with Crippen LogP contribution in [0.2, 0.25) is 0 Å². The molecule has 0 aromatic heterocycles. The highest BCUT2D eigenvalue weighted by Gasteiger charge is 2.35. The minimum Gasteiger partial charge on any atom is -0.370 e. The first-order valence-electron chi connectivity index (χ1n) is 7.18. The van der Waals surface area contributed by atoms with Crippen LogP contribution in [0.3, 0.4) is 0 Å². The number of hydrogen-bond acceptors (Lipinski definition) is 2.